The van der Waals surface area contributed by atoms with Gasteiger partial charge in [-0.3, -0.25) is 0 Å². The predicted molar refractivity (Wildman–Crippen MR) is 215 cm³/mol. The van der Waals surface area contributed by atoms with Gasteiger partial charge in [0.05, 0.1) is 22.1 Å². The van der Waals surface area contributed by atoms with Gasteiger partial charge in [-0.15, -0.1) is 53.6 Å². The number of pyridine rings is 2. The van der Waals surface area contributed by atoms with Crippen molar-refractivity contribution >= 4 is 49.3 Å². The Bertz CT molecular complexity index is 2690. The zero-order valence-corrected chi connectivity index (χ0v) is 33.2. The van der Waals surface area contributed by atoms with Crippen LogP contribution in [-0.4, -0.2) is 14.4 Å². The maximum atomic E-state index is 6.66. The molecule has 53 heavy (non-hydrogen) atoms. The topological polar surface area (TPSA) is 43.3 Å². The molecule has 4 aromatic carbocycles. The van der Waals surface area contributed by atoms with Gasteiger partial charge in [0.15, 0.2) is 0 Å². The van der Waals surface area contributed by atoms with Crippen LogP contribution in [-0.2, 0) is 26.5 Å². The molecule has 1 saturated carbocycles. The molecule has 0 unspecified atom stereocenters. The average Bonchev–Trinajstić information content (AvgIpc) is 3.81. The molecule has 1 aliphatic rings. The molecule has 0 N–H and O–H groups in total. The molecule has 5 heteroatoms. The van der Waals surface area contributed by atoms with E-state index in [1.807, 2.05) is 60.9 Å². The fraction of sp³-hybridized carbons (Fsp3) is 0.250. The van der Waals surface area contributed by atoms with Crippen LogP contribution in [0, 0.1) is 17.5 Å². The summed E-state index contributed by atoms with van der Waals surface area (Å²) in [6, 6.07) is 42.6. The third-order valence-electron chi connectivity index (χ3n) is 11.2. The molecule has 10 rings (SSSR count). The van der Waals surface area contributed by atoms with Gasteiger partial charge >= 0.3 is 21.1 Å². The van der Waals surface area contributed by atoms with Gasteiger partial charge in [-0.25, -0.2) is 0 Å². The number of aromatic nitrogens is 3. The first-order valence-corrected chi connectivity index (χ1v) is 18.6. The van der Waals surface area contributed by atoms with Gasteiger partial charge in [-0.2, -0.15) is 0 Å². The smallest absolute Gasteiger partial charge is 0.474 e. The van der Waals surface area contributed by atoms with Crippen LogP contribution in [0.3, 0.4) is 0 Å². The summed E-state index contributed by atoms with van der Waals surface area (Å²) in [5.41, 5.74) is 12.8. The van der Waals surface area contributed by atoms with E-state index in [9.17, 15) is 0 Å². The Balaban J connectivity index is 0.000000199. The molecule has 1 aliphatic carbocycles. The van der Waals surface area contributed by atoms with E-state index in [4.69, 9.17) is 4.42 Å². The van der Waals surface area contributed by atoms with Crippen molar-refractivity contribution < 1.29 is 25.5 Å². The molecule has 0 amide bonds. The first-order valence-electron chi connectivity index (χ1n) is 18.6. The van der Waals surface area contributed by atoms with Crippen molar-refractivity contribution in [2.75, 3.05) is 0 Å². The predicted octanol–water partition coefficient (Wildman–Crippen LogP) is 13.0. The van der Waals surface area contributed by atoms with Crippen molar-refractivity contribution in [2.24, 2.45) is 5.41 Å². The van der Waals surface area contributed by atoms with E-state index in [0.29, 0.717) is 11.3 Å². The van der Waals surface area contributed by atoms with E-state index in [1.54, 1.807) is 0 Å². The van der Waals surface area contributed by atoms with Crippen LogP contribution < -0.4 is 0 Å². The molecule has 4 nitrogen and oxygen atoms in total. The summed E-state index contributed by atoms with van der Waals surface area (Å²) in [7, 11) is 0. The van der Waals surface area contributed by atoms with E-state index in [1.165, 1.54) is 64.0 Å². The molecule has 0 bridgehead atoms. The third-order valence-corrected chi connectivity index (χ3v) is 11.2. The Morgan fingerprint density at radius 3 is 2.25 bits per heavy atom. The first kappa shape index (κ1) is 35.2. The van der Waals surface area contributed by atoms with Gasteiger partial charge in [-0.1, -0.05) is 77.1 Å². The molecule has 1 fully saturated rings. The number of rotatable bonds is 3. The molecule has 5 heterocycles. The molecular weight excluding hydrogens is 830 g/mol. The van der Waals surface area contributed by atoms with Crippen LogP contribution >= 0.6 is 0 Å². The molecular formula is C48H43N3OPt. The molecule has 0 aliphatic heterocycles. The monoisotopic (exact) mass is 872 g/mol. The van der Waals surface area contributed by atoms with Crippen molar-refractivity contribution in [3.63, 3.8) is 0 Å². The summed E-state index contributed by atoms with van der Waals surface area (Å²) in [4.78, 5) is 9.05. The van der Waals surface area contributed by atoms with Crippen molar-refractivity contribution in [2.45, 2.75) is 71.6 Å². The van der Waals surface area contributed by atoms with Crippen molar-refractivity contribution in [1.82, 2.24) is 14.4 Å². The number of hydrogen-bond donors (Lipinski definition) is 0. The standard InChI is InChI=1S/C33H27N2O.C15H16N.Pt/c1-33(2)15-13-20(14-16-33)21-18-24-22-8-3-4-11-27(22)35-30(24)25(19-21)32-31(35)29-23(9-7-12-28(29)36-32)26-10-5-6-17-34-26;1-15(2,3)13-9-10-16-14(11-13)12-7-5-4-6-8-12;/h3-8,10-12,17-20H,13-16H2,1-2H3;4-7,9-11H,1-3H3;/q2*-1;+2. The van der Waals surface area contributed by atoms with Crippen LogP contribution in [0.1, 0.15) is 77.3 Å². The van der Waals surface area contributed by atoms with E-state index in [-0.39, 0.29) is 26.5 Å². The van der Waals surface area contributed by atoms with E-state index in [2.05, 4.69) is 116 Å². The van der Waals surface area contributed by atoms with Crippen LogP contribution in [0.2, 0.25) is 0 Å². The number of furan rings is 1. The quantitative estimate of drug-likeness (QED) is 0.166. The van der Waals surface area contributed by atoms with Gasteiger partial charge in [0, 0.05) is 28.6 Å². The minimum Gasteiger partial charge on any atom is -0.474 e. The van der Waals surface area contributed by atoms with E-state index >= 15 is 0 Å². The van der Waals surface area contributed by atoms with Crippen LogP contribution in [0.4, 0.5) is 0 Å². The fourth-order valence-electron chi connectivity index (χ4n) is 8.27. The molecule has 0 radical (unpaired) electrons. The molecule has 5 aromatic heterocycles. The average molecular weight is 873 g/mol. The van der Waals surface area contributed by atoms with Crippen LogP contribution in [0.15, 0.2) is 120 Å². The SMILES string of the molecule is CC(C)(C)c1ccnc(-c2[c-]cccc2)c1.CC1(C)CCC(c2cc3c4ccccc4n4c3c(c2)c2oc3cc[c-]c(-c5ccccn5)c3c24)CC1.[Pt+2]. The minimum absolute atomic E-state index is 0. The summed E-state index contributed by atoms with van der Waals surface area (Å²) in [5, 5.41) is 4.96. The number of benzene rings is 4. The van der Waals surface area contributed by atoms with Crippen molar-refractivity contribution in [3.05, 3.63) is 139 Å². The van der Waals surface area contributed by atoms with Crippen molar-refractivity contribution in [1.29, 1.82) is 0 Å². The first-order chi connectivity index (χ1) is 25.2. The summed E-state index contributed by atoms with van der Waals surface area (Å²) in [6.07, 6.45) is 8.79. The maximum Gasteiger partial charge on any atom is 2.00 e. The van der Waals surface area contributed by atoms with Gasteiger partial charge < -0.3 is 18.8 Å². The van der Waals surface area contributed by atoms with Gasteiger partial charge in [0.25, 0.3) is 0 Å². The van der Waals surface area contributed by atoms with Crippen LogP contribution in [0.5, 0.6) is 0 Å². The van der Waals surface area contributed by atoms with E-state index in [0.717, 1.165) is 44.6 Å². The second kappa shape index (κ2) is 13.6. The fourth-order valence-corrected chi connectivity index (χ4v) is 8.27. The zero-order chi connectivity index (χ0) is 35.6. The second-order valence-electron chi connectivity index (χ2n) is 16.3. The van der Waals surface area contributed by atoms with Crippen LogP contribution in [0.25, 0.3) is 71.8 Å². The number of para-hydroxylation sites is 1. The van der Waals surface area contributed by atoms with Crippen molar-refractivity contribution in [3.8, 4) is 22.5 Å². The molecule has 266 valence electrons. The molecule has 0 spiro atoms. The second-order valence-corrected chi connectivity index (χ2v) is 16.3. The normalized spacial score (nSPS) is 14.9. The molecule has 0 atom stereocenters. The Labute approximate surface area is 325 Å². The minimum atomic E-state index is 0. The number of fused-ring (bicyclic) bond motifs is 8. The molecule has 9 aromatic rings. The summed E-state index contributed by atoms with van der Waals surface area (Å²) >= 11 is 0. The van der Waals surface area contributed by atoms with E-state index < -0.39 is 0 Å². The Morgan fingerprint density at radius 1 is 0.736 bits per heavy atom. The number of hydrogen-bond acceptors (Lipinski definition) is 3. The summed E-state index contributed by atoms with van der Waals surface area (Å²) < 4.78 is 9.09. The summed E-state index contributed by atoms with van der Waals surface area (Å²) in [6.45, 7) is 11.5. The Hall–Kier alpha value is -4.79. The summed E-state index contributed by atoms with van der Waals surface area (Å²) in [5.74, 6) is 0.603. The Morgan fingerprint density at radius 2 is 1.49 bits per heavy atom. The Kier molecular flexibility index (Phi) is 9.02. The number of nitrogens with zero attached hydrogens (tertiary/aromatic N) is 3. The maximum absolute atomic E-state index is 6.66. The van der Waals surface area contributed by atoms with Gasteiger partial charge in [-0.05, 0) is 101 Å². The van der Waals surface area contributed by atoms with Gasteiger partial charge in [0.1, 0.15) is 5.58 Å². The van der Waals surface area contributed by atoms with Gasteiger partial charge in [0.2, 0.25) is 0 Å². The zero-order valence-electron chi connectivity index (χ0n) is 30.9. The third kappa shape index (κ3) is 6.25. The largest absolute Gasteiger partial charge is 2.00 e. The molecule has 0 saturated heterocycles.